The van der Waals surface area contributed by atoms with Crippen molar-refractivity contribution in [2.24, 2.45) is 0 Å². The maximum Gasteiger partial charge on any atom is 0.341 e. The van der Waals surface area contributed by atoms with Crippen molar-refractivity contribution in [3.05, 3.63) is 16.5 Å². The number of carbonyl (C=O) groups is 2. The molecular formula is C15H24N2O3S. The van der Waals surface area contributed by atoms with E-state index in [0.29, 0.717) is 23.6 Å². The van der Waals surface area contributed by atoms with E-state index in [0.717, 1.165) is 17.8 Å². The van der Waals surface area contributed by atoms with Crippen LogP contribution in [0.1, 0.15) is 49.4 Å². The molecule has 1 heterocycles. The van der Waals surface area contributed by atoms with Gasteiger partial charge in [-0.15, -0.1) is 11.3 Å². The molecule has 6 heteroatoms. The van der Waals surface area contributed by atoms with Gasteiger partial charge in [0.25, 0.3) is 0 Å². The molecule has 21 heavy (non-hydrogen) atoms. The predicted octanol–water partition coefficient (Wildman–Crippen LogP) is 2.81. The van der Waals surface area contributed by atoms with E-state index in [1.165, 1.54) is 11.3 Å². The van der Waals surface area contributed by atoms with Gasteiger partial charge in [-0.25, -0.2) is 4.79 Å². The van der Waals surface area contributed by atoms with Gasteiger partial charge in [0, 0.05) is 17.3 Å². The van der Waals surface area contributed by atoms with Crippen LogP contribution in [0, 0.1) is 0 Å². The molecule has 0 aromatic carbocycles. The maximum atomic E-state index is 12.0. The van der Waals surface area contributed by atoms with Crippen molar-refractivity contribution >= 4 is 28.2 Å². The number of nitrogens with one attached hydrogen (secondary N) is 2. The molecule has 1 amide bonds. The third kappa shape index (κ3) is 5.47. The second-order valence-corrected chi connectivity index (χ2v) is 5.88. The van der Waals surface area contributed by atoms with Gasteiger partial charge in [-0.1, -0.05) is 13.8 Å². The molecule has 0 saturated heterocycles. The van der Waals surface area contributed by atoms with Gasteiger partial charge >= 0.3 is 5.97 Å². The highest BCUT2D eigenvalue weighted by molar-refractivity contribution is 7.16. The van der Waals surface area contributed by atoms with Crippen LogP contribution in [0.15, 0.2) is 6.07 Å². The van der Waals surface area contributed by atoms with Crippen LogP contribution in [0.25, 0.3) is 0 Å². The summed E-state index contributed by atoms with van der Waals surface area (Å²) in [6.07, 6.45) is 1.19. The lowest BCUT2D eigenvalue weighted by atomic mass is 10.2. The lowest BCUT2D eigenvalue weighted by Crippen LogP contribution is -2.30. The van der Waals surface area contributed by atoms with Crippen molar-refractivity contribution < 1.29 is 14.3 Å². The van der Waals surface area contributed by atoms with E-state index < -0.39 is 0 Å². The Bertz CT molecular complexity index is 485. The normalized spacial score (nSPS) is 12.0. The Morgan fingerprint density at radius 1 is 1.33 bits per heavy atom. The Kier molecular flexibility index (Phi) is 7.39. The number of hydrogen-bond donors (Lipinski definition) is 2. The van der Waals surface area contributed by atoms with Crippen LogP contribution < -0.4 is 10.6 Å². The molecule has 0 fully saturated rings. The molecule has 1 aromatic heterocycles. The minimum atomic E-state index is -0.386. The molecule has 1 atom stereocenters. The Morgan fingerprint density at radius 2 is 2.05 bits per heavy atom. The average molecular weight is 312 g/mol. The first-order chi connectivity index (χ1) is 10.0. The molecule has 0 radical (unpaired) electrons. The van der Waals surface area contributed by atoms with Crippen LogP contribution >= 0.6 is 11.3 Å². The fourth-order valence-electron chi connectivity index (χ4n) is 1.95. The minimum absolute atomic E-state index is 0.0986. The van der Waals surface area contributed by atoms with Gasteiger partial charge in [-0.2, -0.15) is 0 Å². The number of rotatable bonds is 8. The summed E-state index contributed by atoms with van der Waals surface area (Å²) in [6, 6.07) is 1.90. The number of aryl methyl sites for hydroxylation is 1. The molecule has 5 nitrogen and oxygen atoms in total. The second-order valence-electron chi connectivity index (χ2n) is 4.74. The molecule has 2 N–H and O–H groups in total. The SMILES string of the molecule is CCNC(C)CC(=O)Nc1sc(CC)cc1C(=O)OCC. The molecule has 0 aliphatic carbocycles. The highest BCUT2D eigenvalue weighted by atomic mass is 32.1. The minimum Gasteiger partial charge on any atom is -0.462 e. The monoisotopic (exact) mass is 312 g/mol. The van der Waals surface area contributed by atoms with Gasteiger partial charge in [-0.3, -0.25) is 4.79 Å². The fourth-order valence-corrected chi connectivity index (χ4v) is 2.95. The predicted molar refractivity (Wildman–Crippen MR) is 86.0 cm³/mol. The molecule has 0 saturated carbocycles. The molecule has 0 aliphatic rings. The first kappa shape index (κ1) is 17.7. The van der Waals surface area contributed by atoms with E-state index in [2.05, 4.69) is 10.6 Å². The van der Waals surface area contributed by atoms with E-state index in [1.807, 2.05) is 20.8 Å². The third-order valence-corrected chi connectivity index (χ3v) is 4.12. The summed E-state index contributed by atoms with van der Waals surface area (Å²) in [6.45, 7) is 8.88. The van der Waals surface area contributed by atoms with Crippen LogP contribution in [0.3, 0.4) is 0 Å². The highest BCUT2D eigenvalue weighted by Crippen LogP contribution is 2.29. The van der Waals surface area contributed by atoms with E-state index in [9.17, 15) is 9.59 Å². The van der Waals surface area contributed by atoms with E-state index in [4.69, 9.17) is 4.74 Å². The molecule has 1 aromatic rings. The van der Waals surface area contributed by atoms with Crippen molar-refractivity contribution in [1.29, 1.82) is 0 Å². The first-order valence-electron chi connectivity index (χ1n) is 7.34. The van der Waals surface area contributed by atoms with Gasteiger partial charge in [0.1, 0.15) is 5.00 Å². The Labute approximate surface area is 130 Å². The quantitative estimate of drug-likeness (QED) is 0.724. The number of esters is 1. The zero-order valence-corrected chi connectivity index (χ0v) is 13.9. The van der Waals surface area contributed by atoms with Crippen molar-refractivity contribution in [2.75, 3.05) is 18.5 Å². The molecule has 0 bridgehead atoms. The van der Waals surface area contributed by atoms with Crippen molar-refractivity contribution in [3.8, 4) is 0 Å². The smallest absolute Gasteiger partial charge is 0.341 e. The summed E-state index contributed by atoms with van der Waals surface area (Å²) in [7, 11) is 0. The Balaban J connectivity index is 2.79. The number of amides is 1. The molecule has 118 valence electrons. The van der Waals surface area contributed by atoms with Gasteiger partial charge in [0.05, 0.1) is 12.2 Å². The average Bonchev–Trinajstić information content (AvgIpc) is 2.82. The number of anilines is 1. The summed E-state index contributed by atoms with van der Waals surface area (Å²) in [5.74, 6) is -0.484. The van der Waals surface area contributed by atoms with Gasteiger partial charge in [-0.05, 0) is 32.9 Å². The highest BCUT2D eigenvalue weighted by Gasteiger charge is 2.19. The maximum absolute atomic E-state index is 12.0. The molecule has 1 unspecified atom stereocenters. The number of carbonyl (C=O) groups excluding carboxylic acids is 2. The van der Waals surface area contributed by atoms with Gasteiger partial charge in [0.15, 0.2) is 0 Å². The molecule has 1 rings (SSSR count). The van der Waals surface area contributed by atoms with Crippen molar-refractivity contribution in [3.63, 3.8) is 0 Å². The first-order valence-corrected chi connectivity index (χ1v) is 8.16. The van der Waals surface area contributed by atoms with Crippen molar-refractivity contribution in [1.82, 2.24) is 5.32 Å². The van der Waals surface area contributed by atoms with E-state index >= 15 is 0 Å². The molecular weight excluding hydrogens is 288 g/mol. The summed E-state index contributed by atoms with van der Waals surface area (Å²) >= 11 is 1.43. The van der Waals surface area contributed by atoms with Crippen LogP contribution in [0.4, 0.5) is 5.00 Å². The summed E-state index contributed by atoms with van der Waals surface area (Å²) in [4.78, 5) is 25.0. The number of thiophene rings is 1. The lowest BCUT2D eigenvalue weighted by Gasteiger charge is -2.12. The van der Waals surface area contributed by atoms with Crippen LogP contribution in [-0.4, -0.2) is 31.1 Å². The standard InChI is InChI=1S/C15H24N2O3S/c1-5-11-9-12(15(19)20-7-3)14(21-11)17-13(18)8-10(4)16-6-2/h9-10,16H,5-8H2,1-4H3,(H,17,18). The summed E-state index contributed by atoms with van der Waals surface area (Å²) in [5.41, 5.74) is 0.447. The zero-order chi connectivity index (χ0) is 15.8. The van der Waals surface area contributed by atoms with E-state index in [-0.39, 0.29) is 17.9 Å². The van der Waals surface area contributed by atoms with Gasteiger partial charge < -0.3 is 15.4 Å². The third-order valence-electron chi connectivity index (χ3n) is 2.92. The van der Waals surface area contributed by atoms with Crippen molar-refractivity contribution in [2.45, 2.75) is 46.6 Å². The van der Waals surface area contributed by atoms with E-state index in [1.54, 1.807) is 13.0 Å². The number of ether oxygens (including phenoxy) is 1. The summed E-state index contributed by atoms with van der Waals surface area (Å²) < 4.78 is 5.03. The lowest BCUT2D eigenvalue weighted by molar-refractivity contribution is -0.116. The topological polar surface area (TPSA) is 67.4 Å². The molecule has 0 aliphatic heterocycles. The number of hydrogen-bond acceptors (Lipinski definition) is 5. The van der Waals surface area contributed by atoms with Crippen LogP contribution in [-0.2, 0) is 16.0 Å². The summed E-state index contributed by atoms with van der Waals surface area (Å²) in [5, 5.41) is 6.60. The Morgan fingerprint density at radius 3 is 2.62 bits per heavy atom. The Hall–Kier alpha value is -1.40. The van der Waals surface area contributed by atoms with Crippen LogP contribution in [0.5, 0.6) is 0 Å². The van der Waals surface area contributed by atoms with Crippen LogP contribution in [0.2, 0.25) is 0 Å². The largest absolute Gasteiger partial charge is 0.462 e. The fraction of sp³-hybridized carbons (Fsp3) is 0.600. The second kappa shape index (κ2) is 8.79. The zero-order valence-electron chi connectivity index (χ0n) is 13.1. The molecule has 0 spiro atoms. The van der Waals surface area contributed by atoms with Gasteiger partial charge in [0.2, 0.25) is 5.91 Å².